The second kappa shape index (κ2) is 5.31. The van der Waals surface area contributed by atoms with Crippen molar-refractivity contribution in [2.24, 2.45) is 5.41 Å². The van der Waals surface area contributed by atoms with E-state index in [1.807, 2.05) is 20.8 Å². The van der Waals surface area contributed by atoms with E-state index in [2.05, 4.69) is 5.32 Å². The van der Waals surface area contributed by atoms with Crippen LogP contribution in [0.4, 0.5) is 0 Å². The molecule has 0 fully saturated rings. The third-order valence-electron chi connectivity index (χ3n) is 1.73. The number of alkyl halides is 1. The maximum atomic E-state index is 11.6. The van der Waals surface area contributed by atoms with Crippen LogP contribution >= 0.6 is 11.6 Å². The van der Waals surface area contributed by atoms with Gasteiger partial charge in [0.2, 0.25) is 5.91 Å². The van der Waals surface area contributed by atoms with E-state index in [1.54, 1.807) is 6.92 Å². The van der Waals surface area contributed by atoms with Gasteiger partial charge < -0.3 is 5.32 Å². The van der Waals surface area contributed by atoms with Gasteiger partial charge in [-0.3, -0.25) is 9.59 Å². The Morgan fingerprint density at radius 2 is 1.73 bits per heavy atom. The number of rotatable bonds is 3. The van der Waals surface area contributed by atoms with Gasteiger partial charge in [-0.2, -0.15) is 0 Å². The van der Waals surface area contributed by atoms with Gasteiger partial charge in [0.1, 0.15) is 5.38 Å². The van der Waals surface area contributed by atoms with E-state index in [1.165, 1.54) is 13.0 Å². The molecular weight excluding hydrogens is 214 g/mol. The smallest absolute Gasteiger partial charge is 0.242 e. The van der Waals surface area contributed by atoms with E-state index >= 15 is 0 Å². The van der Waals surface area contributed by atoms with Crippen molar-refractivity contribution in [2.45, 2.75) is 40.0 Å². The predicted octanol–water partition coefficient (Wildman–Crippen LogP) is 2.25. The van der Waals surface area contributed by atoms with E-state index in [9.17, 15) is 9.59 Å². The molecule has 86 valence electrons. The van der Waals surface area contributed by atoms with E-state index in [4.69, 9.17) is 11.6 Å². The van der Waals surface area contributed by atoms with Crippen LogP contribution in [0.1, 0.15) is 34.6 Å². The van der Waals surface area contributed by atoms with E-state index in [0.717, 1.165) is 0 Å². The van der Waals surface area contributed by atoms with Crippen LogP contribution in [-0.4, -0.2) is 17.1 Å². The van der Waals surface area contributed by atoms with Crippen LogP contribution in [0.2, 0.25) is 0 Å². The molecule has 0 bridgehead atoms. The lowest BCUT2D eigenvalue weighted by Crippen LogP contribution is -2.38. The molecule has 0 unspecified atom stereocenters. The van der Waals surface area contributed by atoms with E-state index < -0.39 is 5.38 Å². The summed E-state index contributed by atoms with van der Waals surface area (Å²) in [6.45, 7) is 8.74. The van der Waals surface area contributed by atoms with Crippen molar-refractivity contribution in [2.75, 3.05) is 0 Å². The molecule has 1 N–H and O–H groups in total. The number of ketones is 1. The summed E-state index contributed by atoms with van der Waals surface area (Å²) in [6.07, 6.45) is 1.37. The molecule has 0 aliphatic carbocycles. The Hall–Kier alpha value is -0.830. The van der Waals surface area contributed by atoms with Gasteiger partial charge in [0.05, 0.1) is 0 Å². The highest BCUT2D eigenvalue weighted by atomic mass is 35.5. The molecule has 0 aliphatic heterocycles. The quantitative estimate of drug-likeness (QED) is 0.598. The fourth-order valence-corrected chi connectivity index (χ4v) is 1.05. The normalized spacial score (nSPS) is 14.7. The zero-order valence-electron chi connectivity index (χ0n) is 9.85. The lowest BCUT2D eigenvalue weighted by Gasteiger charge is -2.24. The monoisotopic (exact) mass is 231 g/mol. The molecule has 15 heavy (non-hydrogen) atoms. The minimum absolute atomic E-state index is 0.102. The predicted molar refractivity (Wildman–Crippen MR) is 61.7 cm³/mol. The summed E-state index contributed by atoms with van der Waals surface area (Å²) in [6, 6.07) is 0. The van der Waals surface area contributed by atoms with Crippen molar-refractivity contribution in [3.63, 3.8) is 0 Å². The summed E-state index contributed by atoms with van der Waals surface area (Å²) in [5.41, 5.74) is 0.213. The van der Waals surface area contributed by atoms with Gasteiger partial charge in [0.15, 0.2) is 5.78 Å². The standard InChI is InChI=1S/C11H18ClNO2/c1-7(6-8(2)14)13-10(15)9(12)11(3,4)5/h6,9H,1-5H3,(H,13,15)/b7-6-/t9-/m1/s1. The third-order valence-corrected chi connectivity index (χ3v) is 2.58. The molecule has 0 aromatic rings. The molecule has 3 nitrogen and oxygen atoms in total. The largest absolute Gasteiger partial charge is 0.329 e. The highest BCUT2D eigenvalue weighted by Gasteiger charge is 2.29. The third kappa shape index (κ3) is 5.57. The summed E-state index contributed by atoms with van der Waals surface area (Å²) in [4.78, 5) is 22.3. The van der Waals surface area contributed by atoms with Crippen LogP contribution in [0.15, 0.2) is 11.8 Å². The molecule has 0 rings (SSSR count). The van der Waals surface area contributed by atoms with Gasteiger partial charge in [-0.05, 0) is 25.3 Å². The molecule has 0 aliphatic rings. The number of hydrogen-bond acceptors (Lipinski definition) is 2. The number of carbonyl (C=O) groups excluding carboxylic acids is 2. The molecule has 0 aromatic heterocycles. The molecule has 0 saturated heterocycles. The van der Waals surface area contributed by atoms with Crippen LogP contribution in [0, 0.1) is 5.41 Å². The first-order chi connectivity index (χ1) is 6.64. The average molecular weight is 232 g/mol. The van der Waals surface area contributed by atoms with Gasteiger partial charge in [-0.1, -0.05) is 20.8 Å². The molecule has 0 heterocycles. The van der Waals surface area contributed by atoms with Crippen molar-refractivity contribution in [3.8, 4) is 0 Å². The topological polar surface area (TPSA) is 46.2 Å². The molecule has 4 heteroatoms. The zero-order chi connectivity index (χ0) is 12.2. The number of carbonyl (C=O) groups is 2. The summed E-state index contributed by atoms with van der Waals surface area (Å²) < 4.78 is 0. The van der Waals surface area contributed by atoms with Crippen molar-refractivity contribution in [3.05, 3.63) is 11.8 Å². The number of allylic oxidation sites excluding steroid dienone is 2. The second-order valence-corrected chi connectivity index (χ2v) is 5.09. The first kappa shape index (κ1) is 14.2. The Labute approximate surface area is 95.9 Å². The first-order valence-electron chi connectivity index (χ1n) is 4.78. The molecule has 1 atom stereocenters. The van der Waals surface area contributed by atoms with E-state index in [0.29, 0.717) is 5.70 Å². The van der Waals surface area contributed by atoms with Crippen LogP contribution in [0.25, 0.3) is 0 Å². The molecular formula is C11H18ClNO2. The second-order valence-electron chi connectivity index (χ2n) is 4.66. The van der Waals surface area contributed by atoms with Gasteiger partial charge in [0, 0.05) is 5.70 Å². The fraction of sp³-hybridized carbons (Fsp3) is 0.636. The number of halogens is 1. The Kier molecular flexibility index (Phi) is 5.01. The number of nitrogens with one attached hydrogen (secondary N) is 1. The lowest BCUT2D eigenvalue weighted by molar-refractivity contribution is -0.121. The van der Waals surface area contributed by atoms with Crippen molar-refractivity contribution in [1.82, 2.24) is 5.32 Å². The zero-order valence-corrected chi connectivity index (χ0v) is 10.6. The van der Waals surface area contributed by atoms with Crippen LogP contribution in [0.5, 0.6) is 0 Å². The summed E-state index contributed by atoms with van der Waals surface area (Å²) in [5, 5.41) is 1.97. The first-order valence-corrected chi connectivity index (χ1v) is 5.22. The maximum absolute atomic E-state index is 11.6. The van der Waals surface area contributed by atoms with Crippen LogP contribution < -0.4 is 5.32 Å². The molecule has 0 radical (unpaired) electrons. The van der Waals surface area contributed by atoms with Gasteiger partial charge in [0.25, 0.3) is 0 Å². The van der Waals surface area contributed by atoms with Crippen molar-refractivity contribution >= 4 is 23.3 Å². The molecule has 0 saturated carbocycles. The summed E-state index contributed by atoms with van der Waals surface area (Å²) >= 11 is 5.96. The molecule has 0 aromatic carbocycles. The summed E-state index contributed by atoms with van der Waals surface area (Å²) in [7, 11) is 0. The SMILES string of the molecule is CC(=O)/C=C(/C)NC(=O)[C@@H](Cl)C(C)(C)C. The Bertz CT molecular complexity index is 289. The Morgan fingerprint density at radius 1 is 1.27 bits per heavy atom. The van der Waals surface area contributed by atoms with Gasteiger partial charge >= 0.3 is 0 Å². The minimum Gasteiger partial charge on any atom is -0.329 e. The Balaban J connectivity index is 4.45. The average Bonchev–Trinajstić information content (AvgIpc) is 1.99. The van der Waals surface area contributed by atoms with Crippen LogP contribution in [0.3, 0.4) is 0 Å². The highest BCUT2D eigenvalue weighted by Crippen LogP contribution is 2.24. The number of amides is 1. The number of hydrogen-bond donors (Lipinski definition) is 1. The van der Waals surface area contributed by atoms with Gasteiger partial charge in [-0.25, -0.2) is 0 Å². The lowest BCUT2D eigenvalue weighted by atomic mass is 9.91. The van der Waals surface area contributed by atoms with Gasteiger partial charge in [-0.15, -0.1) is 11.6 Å². The fourth-order valence-electron chi connectivity index (χ4n) is 0.992. The summed E-state index contributed by atoms with van der Waals surface area (Å²) in [5.74, 6) is -0.381. The van der Waals surface area contributed by atoms with Crippen molar-refractivity contribution < 1.29 is 9.59 Å². The van der Waals surface area contributed by atoms with Crippen LogP contribution in [-0.2, 0) is 9.59 Å². The molecule has 0 spiro atoms. The minimum atomic E-state index is -0.618. The van der Waals surface area contributed by atoms with Crippen molar-refractivity contribution in [1.29, 1.82) is 0 Å². The Morgan fingerprint density at radius 3 is 2.07 bits per heavy atom. The molecule has 1 amide bonds. The van der Waals surface area contributed by atoms with E-state index in [-0.39, 0.29) is 17.1 Å². The highest BCUT2D eigenvalue weighted by molar-refractivity contribution is 6.31. The maximum Gasteiger partial charge on any atom is 0.242 e.